The van der Waals surface area contributed by atoms with Crippen LogP contribution in [-0.2, 0) is 0 Å². The number of hydrogen-bond acceptors (Lipinski definition) is 4. The van der Waals surface area contributed by atoms with Crippen molar-refractivity contribution >= 4 is 22.7 Å². The van der Waals surface area contributed by atoms with Crippen LogP contribution in [0.1, 0.15) is 52.1 Å². The van der Waals surface area contributed by atoms with Crippen molar-refractivity contribution in [2.45, 2.75) is 53.4 Å². The smallest absolute Gasteiger partial charge is 0.211 e. The summed E-state index contributed by atoms with van der Waals surface area (Å²) >= 11 is 1.62. The molecule has 0 aliphatic carbocycles. The molecule has 0 radical (unpaired) electrons. The van der Waals surface area contributed by atoms with Gasteiger partial charge in [0.05, 0.1) is 18.0 Å². The van der Waals surface area contributed by atoms with Gasteiger partial charge >= 0.3 is 0 Å². The molecule has 1 aromatic heterocycles. The number of thiazole rings is 1. The summed E-state index contributed by atoms with van der Waals surface area (Å²) in [6, 6.07) is 7.87. The van der Waals surface area contributed by atoms with E-state index in [0.29, 0.717) is 6.61 Å². The quantitative estimate of drug-likeness (QED) is 0.599. The van der Waals surface area contributed by atoms with Gasteiger partial charge in [0.1, 0.15) is 5.75 Å². The topological polar surface area (TPSA) is 38.9 Å². The average Bonchev–Trinajstić information content (AvgIpc) is 2.91. The van der Waals surface area contributed by atoms with Gasteiger partial charge in [-0.2, -0.15) is 5.10 Å². The van der Waals surface area contributed by atoms with Crippen molar-refractivity contribution in [1.29, 1.82) is 0 Å². The third-order valence-electron chi connectivity index (χ3n) is 3.54. The lowest BCUT2D eigenvalue weighted by atomic mass is 10.1. The van der Waals surface area contributed by atoms with E-state index in [-0.39, 0.29) is 0 Å². The molecule has 1 aromatic carbocycles. The molecule has 0 saturated heterocycles. The molecule has 4 nitrogen and oxygen atoms in total. The zero-order valence-electron chi connectivity index (χ0n) is 15.1. The van der Waals surface area contributed by atoms with Crippen LogP contribution in [0.3, 0.4) is 0 Å². The van der Waals surface area contributed by atoms with Crippen LogP contribution in [0.2, 0.25) is 0 Å². The summed E-state index contributed by atoms with van der Waals surface area (Å²) in [7, 11) is 0. The lowest BCUT2D eigenvalue weighted by Crippen LogP contribution is -2.14. The zero-order valence-corrected chi connectivity index (χ0v) is 15.9. The first-order valence-corrected chi connectivity index (χ1v) is 9.57. The highest BCUT2D eigenvalue weighted by Gasteiger charge is 2.04. The molecule has 0 bridgehead atoms. The fourth-order valence-electron chi connectivity index (χ4n) is 2.42. The van der Waals surface area contributed by atoms with Gasteiger partial charge in [0.25, 0.3) is 0 Å². The Labute approximate surface area is 148 Å². The minimum atomic E-state index is 0.674. The van der Waals surface area contributed by atoms with Gasteiger partial charge in [-0.3, -0.25) is 0 Å². The molecule has 0 amide bonds. The average molecular weight is 346 g/mol. The van der Waals surface area contributed by atoms with Crippen LogP contribution in [0.5, 0.6) is 5.75 Å². The lowest BCUT2D eigenvalue weighted by molar-refractivity contribution is 0.340. The number of ether oxygens (including phenoxy) is 1. The van der Waals surface area contributed by atoms with E-state index >= 15 is 0 Å². The van der Waals surface area contributed by atoms with Crippen LogP contribution >= 0.6 is 11.3 Å². The highest BCUT2D eigenvalue weighted by atomic mass is 32.1. The van der Waals surface area contributed by atoms with Gasteiger partial charge < -0.3 is 4.74 Å². The predicted molar refractivity (Wildman–Crippen MR) is 103 cm³/mol. The maximum Gasteiger partial charge on any atom is 0.211 e. The predicted octanol–water partition coefficient (Wildman–Crippen LogP) is 5.29. The normalized spacial score (nSPS) is 11.6. The number of hydrogen-bond donors (Lipinski definition) is 0. The number of nitrogens with zero attached hydrogens (tertiary/aromatic N) is 3. The van der Waals surface area contributed by atoms with E-state index in [2.05, 4.69) is 26.2 Å². The SMILES string of the molecule is CCCC(CCC)=Nn1c(C)csc1=Nc1ccc(OCC)cc1. The zero-order chi connectivity index (χ0) is 17.4. The van der Waals surface area contributed by atoms with E-state index in [1.54, 1.807) is 11.3 Å². The Hall–Kier alpha value is -1.88. The van der Waals surface area contributed by atoms with Crippen molar-refractivity contribution in [1.82, 2.24) is 4.68 Å². The standard InChI is InChI=1S/C19H27N3OS/c1-5-8-17(9-6-2)21-22-15(4)14-24-19(22)20-16-10-12-18(13-11-16)23-7-3/h10-14H,5-9H2,1-4H3. The number of aromatic nitrogens is 1. The van der Waals surface area contributed by atoms with Crippen molar-refractivity contribution in [3.8, 4) is 5.75 Å². The van der Waals surface area contributed by atoms with Crippen LogP contribution in [0.4, 0.5) is 5.69 Å². The molecule has 2 aromatic rings. The Kier molecular flexibility index (Phi) is 7.25. The van der Waals surface area contributed by atoms with Crippen molar-refractivity contribution in [3.05, 3.63) is 40.1 Å². The van der Waals surface area contributed by atoms with Gasteiger partial charge in [-0.05, 0) is 51.0 Å². The highest BCUT2D eigenvalue weighted by molar-refractivity contribution is 7.07. The number of benzene rings is 1. The van der Waals surface area contributed by atoms with Gasteiger partial charge in [-0.1, -0.05) is 26.7 Å². The molecule has 0 atom stereocenters. The molecular formula is C19H27N3OS. The molecule has 0 N–H and O–H groups in total. The molecule has 0 aliphatic rings. The number of rotatable bonds is 8. The summed E-state index contributed by atoms with van der Waals surface area (Å²) in [5.41, 5.74) is 3.28. The molecule has 0 unspecified atom stereocenters. The molecule has 0 spiro atoms. The third-order valence-corrected chi connectivity index (χ3v) is 4.48. The largest absolute Gasteiger partial charge is 0.494 e. The molecule has 1 heterocycles. The maximum absolute atomic E-state index is 5.48. The Bertz CT molecular complexity index is 718. The van der Waals surface area contributed by atoms with Crippen LogP contribution in [0, 0.1) is 6.92 Å². The Morgan fingerprint density at radius 1 is 1.08 bits per heavy atom. The summed E-state index contributed by atoms with van der Waals surface area (Å²) in [6.07, 6.45) is 4.32. The minimum absolute atomic E-state index is 0.674. The molecule has 0 saturated carbocycles. The Morgan fingerprint density at radius 2 is 1.75 bits per heavy atom. The van der Waals surface area contributed by atoms with E-state index in [4.69, 9.17) is 14.8 Å². The minimum Gasteiger partial charge on any atom is -0.494 e. The summed E-state index contributed by atoms with van der Waals surface area (Å²) < 4.78 is 7.45. The highest BCUT2D eigenvalue weighted by Crippen LogP contribution is 2.18. The molecular weight excluding hydrogens is 318 g/mol. The van der Waals surface area contributed by atoms with Gasteiger partial charge in [-0.25, -0.2) is 9.67 Å². The summed E-state index contributed by atoms with van der Waals surface area (Å²) in [5, 5.41) is 6.97. The molecule has 2 rings (SSSR count). The van der Waals surface area contributed by atoms with Gasteiger partial charge in [0.15, 0.2) is 0 Å². The Morgan fingerprint density at radius 3 is 2.33 bits per heavy atom. The Balaban J connectivity index is 2.35. The molecule has 0 fully saturated rings. The fraction of sp³-hybridized carbons (Fsp3) is 0.474. The second-order valence-corrected chi connectivity index (χ2v) is 6.51. The van der Waals surface area contributed by atoms with Crippen LogP contribution in [0.25, 0.3) is 0 Å². The first kappa shape index (κ1) is 18.5. The fourth-order valence-corrected chi connectivity index (χ4v) is 3.24. The van der Waals surface area contributed by atoms with E-state index in [0.717, 1.165) is 47.6 Å². The monoisotopic (exact) mass is 345 g/mol. The maximum atomic E-state index is 5.48. The second kappa shape index (κ2) is 9.42. The summed E-state index contributed by atoms with van der Waals surface area (Å²) in [4.78, 5) is 5.66. The second-order valence-electron chi connectivity index (χ2n) is 5.68. The first-order chi connectivity index (χ1) is 11.7. The van der Waals surface area contributed by atoms with E-state index in [9.17, 15) is 0 Å². The third kappa shape index (κ3) is 5.06. The molecule has 24 heavy (non-hydrogen) atoms. The van der Waals surface area contributed by atoms with Crippen LogP contribution < -0.4 is 9.54 Å². The van der Waals surface area contributed by atoms with Crippen molar-refractivity contribution in [3.63, 3.8) is 0 Å². The summed E-state index contributed by atoms with van der Waals surface area (Å²) in [6.45, 7) is 9.13. The molecule has 130 valence electrons. The van der Waals surface area contributed by atoms with E-state index < -0.39 is 0 Å². The number of aryl methyl sites for hydroxylation is 1. The molecule has 0 aliphatic heterocycles. The summed E-state index contributed by atoms with van der Waals surface area (Å²) in [5.74, 6) is 0.873. The van der Waals surface area contributed by atoms with Crippen molar-refractivity contribution in [2.24, 2.45) is 10.1 Å². The first-order valence-electron chi connectivity index (χ1n) is 8.69. The lowest BCUT2D eigenvalue weighted by Gasteiger charge is -2.05. The van der Waals surface area contributed by atoms with Crippen LogP contribution in [0.15, 0.2) is 39.7 Å². The van der Waals surface area contributed by atoms with Gasteiger partial charge in [0.2, 0.25) is 4.80 Å². The molecule has 5 heteroatoms. The van der Waals surface area contributed by atoms with Crippen LogP contribution in [-0.4, -0.2) is 17.0 Å². The van der Waals surface area contributed by atoms with E-state index in [1.807, 2.05) is 35.9 Å². The van der Waals surface area contributed by atoms with Crippen molar-refractivity contribution < 1.29 is 4.74 Å². The van der Waals surface area contributed by atoms with Gasteiger partial charge in [-0.15, -0.1) is 11.3 Å². The van der Waals surface area contributed by atoms with Crippen molar-refractivity contribution in [2.75, 3.05) is 6.61 Å². The van der Waals surface area contributed by atoms with Gasteiger partial charge in [0, 0.05) is 11.1 Å². The van der Waals surface area contributed by atoms with E-state index in [1.165, 1.54) is 5.71 Å².